The summed E-state index contributed by atoms with van der Waals surface area (Å²) in [5, 5.41) is 17.8. The van der Waals surface area contributed by atoms with Crippen LogP contribution in [-0.4, -0.2) is 22.0 Å². The van der Waals surface area contributed by atoms with E-state index in [1.807, 2.05) is 0 Å². The number of aliphatic carboxylic acids is 1. The zero-order valence-corrected chi connectivity index (χ0v) is 10.5. The number of carboxylic acid groups (broad SMARTS) is 1. The van der Waals surface area contributed by atoms with Crippen molar-refractivity contribution in [3.63, 3.8) is 0 Å². The number of Topliss-reactive ketones (excluding diaryl/α,β-unsaturated/α-hetero) is 1. The van der Waals surface area contributed by atoms with Gasteiger partial charge in [0.2, 0.25) is 5.78 Å². The second-order valence-electron chi connectivity index (χ2n) is 2.80. The van der Waals surface area contributed by atoms with E-state index in [1.165, 1.54) is 6.07 Å². The third-order valence-electron chi connectivity index (χ3n) is 1.71. The predicted octanol–water partition coefficient (Wildman–Crippen LogP) is 2.11. The van der Waals surface area contributed by atoms with Gasteiger partial charge in [-0.25, -0.2) is 4.79 Å². The third-order valence-corrected chi connectivity index (χ3v) is 3.08. The number of carbonyl (C=O) groups is 2. The highest BCUT2D eigenvalue weighted by atomic mass is 79.9. The molecule has 80 valence electrons. The van der Waals surface area contributed by atoms with Crippen molar-refractivity contribution in [1.82, 2.24) is 0 Å². The molecule has 6 heteroatoms. The number of halogens is 2. The lowest BCUT2D eigenvalue weighted by atomic mass is 10.1. The summed E-state index contributed by atoms with van der Waals surface area (Å²) in [6.45, 7) is 0. The number of carbonyl (C=O) groups excluding carboxylic acids is 1. The van der Waals surface area contributed by atoms with Gasteiger partial charge in [0.1, 0.15) is 5.75 Å². The third kappa shape index (κ3) is 3.04. The Bertz CT molecular complexity index is 428. The number of aromatic hydroxyl groups is 1. The molecule has 0 saturated carbocycles. The van der Waals surface area contributed by atoms with Gasteiger partial charge in [0, 0.05) is 10.9 Å². The number of phenols is 1. The van der Waals surface area contributed by atoms with Crippen LogP contribution in [0.25, 0.3) is 0 Å². The summed E-state index contributed by atoms with van der Waals surface area (Å²) in [5.41, 5.74) is 0.433. The van der Waals surface area contributed by atoms with Crippen LogP contribution in [0.5, 0.6) is 5.75 Å². The van der Waals surface area contributed by atoms with Crippen LogP contribution in [0.1, 0.15) is 5.56 Å². The first-order valence-corrected chi connectivity index (χ1v) is 5.43. The minimum Gasteiger partial charge on any atom is -0.507 e. The first kappa shape index (κ1) is 12.2. The Morgan fingerprint density at radius 1 is 1.20 bits per heavy atom. The fourth-order valence-electron chi connectivity index (χ4n) is 0.965. The van der Waals surface area contributed by atoms with Gasteiger partial charge in [-0.2, -0.15) is 0 Å². The number of rotatable bonds is 3. The summed E-state index contributed by atoms with van der Waals surface area (Å²) in [4.78, 5) is 21.3. The summed E-state index contributed by atoms with van der Waals surface area (Å²) in [7, 11) is 0. The van der Waals surface area contributed by atoms with Crippen LogP contribution in [-0.2, 0) is 16.0 Å². The number of ketones is 1. The van der Waals surface area contributed by atoms with Crippen molar-refractivity contribution >= 4 is 43.6 Å². The molecule has 0 atom stereocenters. The molecule has 0 aliphatic heterocycles. The Balaban J connectivity index is 3.01. The monoisotopic (exact) mass is 336 g/mol. The zero-order valence-electron chi connectivity index (χ0n) is 7.33. The molecule has 2 N–H and O–H groups in total. The molecule has 0 heterocycles. The Hall–Kier alpha value is -0.880. The van der Waals surface area contributed by atoms with E-state index in [0.29, 0.717) is 14.5 Å². The molecule has 0 aliphatic carbocycles. The maximum absolute atomic E-state index is 10.9. The SMILES string of the molecule is O=C(O)C(=O)Cc1cc(O)c(Br)cc1Br. The van der Waals surface area contributed by atoms with E-state index in [4.69, 9.17) is 5.11 Å². The average Bonchev–Trinajstić information content (AvgIpc) is 2.13. The maximum atomic E-state index is 10.9. The van der Waals surface area contributed by atoms with Crippen molar-refractivity contribution in [3.8, 4) is 5.75 Å². The molecular weight excluding hydrogens is 332 g/mol. The Morgan fingerprint density at radius 2 is 1.80 bits per heavy atom. The summed E-state index contributed by atoms with van der Waals surface area (Å²) in [6, 6.07) is 2.90. The lowest BCUT2D eigenvalue weighted by molar-refractivity contribution is -0.148. The number of hydrogen-bond donors (Lipinski definition) is 2. The minimum absolute atomic E-state index is 0.0358. The fourth-order valence-corrected chi connectivity index (χ4v) is 2.10. The first-order valence-electron chi connectivity index (χ1n) is 3.85. The van der Waals surface area contributed by atoms with Crippen molar-refractivity contribution in [3.05, 3.63) is 26.6 Å². The lowest BCUT2D eigenvalue weighted by Crippen LogP contribution is -2.15. The molecule has 4 nitrogen and oxygen atoms in total. The van der Waals surface area contributed by atoms with Crippen molar-refractivity contribution in [1.29, 1.82) is 0 Å². The molecule has 1 aromatic carbocycles. The van der Waals surface area contributed by atoms with E-state index in [-0.39, 0.29) is 12.2 Å². The maximum Gasteiger partial charge on any atom is 0.372 e. The fraction of sp³-hybridized carbons (Fsp3) is 0.111. The molecule has 0 spiro atoms. The number of hydrogen-bond acceptors (Lipinski definition) is 3. The summed E-state index contributed by atoms with van der Waals surface area (Å²) in [5.74, 6) is -2.44. The van der Waals surface area contributed by atoms with Gasteiger partial charge in [-0.3, -0.25) is 4.79 Å². The van der Waals surface area contributed by atoms with Crippen LogP contribution < -0.4 is 0 Å². The highest BCUT2D eigenvalue weighted by molar-refractivity contribution is 9.11. The van der Waals surface area contributed by atoms with Gasteiger partial charge in [-0.15, -0.1) is 0 Å². The molecule has 0 unspecified atom stereocenters. The molecule has 0 aromatic heterocycles. The summed E-state index contributed by atoms with van der Waals surface area (Å²) >= 11 is 6.27. The first-order chi connectivity index (χ1) is 6.91. The normalized spacial score (nSPS) is 10.0. The molecule has 1 rings (SSSR count). The van der Waals surface area contributed by atoms with Crippen molar-refractivity contribution < 1.29 is 19.8 Å². The average molecular weight is 338 g/mol. The van der Waals surface area contributed by atoms with Gasteiger partial charge in [0.15, 0.2) is 0 Å². The van der Waals surface area contributed by atoms with E-state index in [1.54, 1.807) is 6.07 Å². The lowest BCUT2D eigenvalue weighted by Gasteiger charge is -2.04. The Morgan fingerprint density at radius 3 is 2.33 bits per heavy atom. The van der Waals surface area contributed by atoms with Crippen molar-refractivity contribution in [2.24, 2.45) is 0 Å². The van der Waals surface area contributed by atoms with E-state index in [9.17, 15) is 14.7 Å². The molecule has 15 heavy (non-hydrogen) atoms. The molecular formula is C9H6Br2O4. The number of benzene rings is 1. The van der Waals surface area contributed by atoms with Gasteiger partial charge < -0.3 is 10.2 Å². The largest absolute Gasteiger partial charge is 0.507 e. The molecule has 0 aliphatic rings. The summed E-state index contributed by atoms with van der Waals surface area (Å²) in [6.07, 6.45) is -0.253. The standard InChI is InChI=1S/C9H6Br2O4/c10-5-3-6(11)7(12)1-4(5)2-8(13)9(14)15/h1,3,12H,2H2,(H,14,15). The predicted molar refractivity (Wildman–Crippen MR) is 59.9 cm³/mol. The van der Waals surface area contributed by atoms with Crippen LogP contribution in [0, 0.1) is 0 Å². The van der Waals surface area contributed by atoms with Crippen LogP contribution >= 0.6 is 31.9 Å². The van der Waals surface area contributed by atoms with Crippen molar-refractivity contribution in [2.75, 3.05) is 0 Å². The van der Waals surface area contributed by atoms with Crippen molar-refractivity contribution in [2.45, 2.75) is 6.42 Å². The van der Waals surface area contributed by atoms with Crippen LogP contribution in [0.15, 0.2) is 21.1 Å². The quantitative estimate of drug-likeness (QED) is 0.828. The molecule has 1 aromatic rings. The molecule has 0 amide bonds. The molecule has 0 bridgehead atoms. The highest BCUT2D eigenvalue weighted by Crippen LogP contribution is 2.30. The van der Waals surface area contributed by atoms with E-state index < -0.39 is 11.8 Å². The highest BCUT2D eigenvalue weighted by Gasteiger charge is 2.15. The minimum atomic E-state index is -1.48. The van der Waals surface area contributed by atoms with Gasteiger partial charge >= 0.3 is 5.97 Å². The molecule has 0 radical (unpaired) electrons. The van der Waals surface area contributed by atoms with Gasteiger partial charge in [0.05, 0.1) is 4.47 Å². The summed E-state index contributed by atoms with van der Waals surface area (Å²) < 4.78 is 1.04. The van der Waals surface area contributed by atoms with Crippen LogP contribution in [0.3, 0.4) is 0 Å². The number of carboxylic acids is 1. The van der Waals surface area contributed by atoms with Crippen LogP contribution in [0.2, 0.25) is 0 Å². The molecule has 0 saturated heterocycles. The smallest absolute Gasteiger partial charge is 0.372 e. The zero-order chi connectivity index (χ0) is 11.6. The van der Waals surface area contributed by atoms with Gasteiger partial charge in [-0.1, -0.05) is 15.9 Å². The van der Waals surface area contributed by atoms with E-state index >= 15 is 0 Å². The van der Waals surface area contributed by atoms with E-state index in [0.717, 1.165) is 0 Å². The number of phenolic OH excluding ortho intramolecular Hbond substituents is 1. The van der Waals surface area contributed by atoms with Gasteiger partial charge in [0.25, 0.3) is 0 Å². The van der Waals surface area contributed by atoms with Gasteiger partial charge in [-0.05, 0) is 33.6 Å². The Kier molecular flexibility index (Phi) is 3.87. The Labute approximate surface area is 102 Å². The second kappa shape index (κ2) is 4.76. The topological polar surface area (TPSA) is 74.6 Å². The second-order valence-corrected chi connectivity index (χ2v) is 4.51. The van der Waals surface area contributed by atoms with E-state index in [2.05, 4.69) is 31.9 Å². The molecule has 0 fully saturated rings. The van der Waals surface area contributed by atoms with Crippen LogP contribution in [0.4, 0.5) is 0 Å².